The Morgan fingerprint density at radius 2 is 2.24 bits per heavy atom. The SMILES string of the molecule is CCc1nc(N2CCC(NC)CC2)cc(=O)[nH]1. The molecule has 0 radical (unpaired) electrons. The van der Waals surface area contributed by atoms with Crippen LogP contribution in [0, 0.1) is 0 Å². The monoisotopic (exact) mass is 236 g/mol. The molecule has 1 aliphatic heterocycles. The first-order valence-corrected chi connectivity index (χ1v) is 6.25. The molecule has 0 spiro atoms. The van der Waals surface area contributed by atoms with Crippen molar-refractivity contribution in [1.82, 2.24) is 15.3 Å². The Morgan fingerprint density at radius 1 is 1.53 bits per heavy atom. The molecule has 1 fully saturated rings. The van der Waals surface area contributed by atoms with E-state index in [1.165, 1.54) is 0 Å². The van der Waals surface area contributed by atoms with E-state index in [4.69, 9.17) is 0 Å². The van der Waals surface area contributed by atoms with Crippen molar-refractivity contribution in [3.05, 3.63) is 22.2 Å². The number of aromatic amines is 1. The summed E-state index contributed by atoms with van der Waals surface area (Å²) >= 11 is 0. The summed E-state index contributed by atoms with van der Waals surface area (Å²) in [6.45, 7) is 3.92. The third kappa shape index (κ3) is 2.85. The normalized spacial score (nSPS) is 17.4. The van der Waals surface area contributed by atoms with Crippen LogP contribution in [0.5, 0.6) is 0 Å². The van der Waals surface area contributed by atoms with Crippen molar-refractivity contribution in [1.29, 1.82) is 0 Å². The summed E-state index contributed by atoms with van der Waals surface area (Å²) in [6, 6.07) is 2.19. The summed E-state index contributed by atoms with van der Waals surface area (Å²) in [7, 11) is 2.00. The Kier molecular flexibility index (Phi) is 3.78. The molecule has 17 heavy (non-hydrogen) atoms. The summed E-state index contributed by atoms with van der Waals surface area (Å²) in [6.07, 6.45) is 2.97. The van der Waals surface area contributed by atoms with E-state index in [2.05, 4.69) is 20.2 Å². The highest BCUT2D eigenvalue weighted by molar-refractivity contribution is 5.38. The molecular formula is C12H20N4O. The number of piperidine rings is 1. The lowest BCUT2D eigenvalue weighted by Gasteiger charge is -2.32. The predicted molar refractivity (Wildman–Crippen MR) is 68.5 cm³/mol. The van der Waals surface area contributed by atoms with E-state index in [1.807, 2.05) is 14.0 Å². The molecule has 5 nitrogen and oxygen atoms in total. The van der Waals surface area contributed by atoms with Crippen LogP contribution >= 0.6 is 0 Å². The van der Waals surface area contributed by atoms with Gasteiger partial charge in [-0.1, -0.05) is 6.92 Å². The second-order valence-electron chi connectivity index (χ2n) is 4.45. The number of nitrogens with zero attached hydrogens (tertiary/aromatic N) is 2. The van der Waals surface area contributed by atoms with Gasteiger partial charge in [-0.15, -0.1) is 0 Å². The molecular weight excluding hydrogens is 216 g/mol. The smallest absolute Gasteiger partial charge is 0.252 e. The van der Waals surface area contributed by atoms with Crippen molar-refractivity contribution >= 4 is 5.82 Å². The Morgan fingerprint density at radius 3 is 2.82 bits per heavy atom. The number of hydrogen-bond donors (Lipinski definition) is 2. The zero-order chi connectivity index (χ0) is 12.3. The molecule has 1 saturated heterocycles. The summed E-state index contributed by atoms with van der Waals surface area (Å²) in [5.74, 6) is 1.59. The van der Waals surface area contributed by atoms with Gasteiger partial charge in [0.2, 0.25) is 0 Å². The highest BCUT2D eigenvalue weighted by Gasteiger charge is 2.19. The Bertz CT molecular complexity index is 421. The molecule has 0 saturated carbocycles. The maximum atomic E-state index is 11.5. The van der Waals surface area contributed by atoms with Crippen LogP contribution in [0.2, 0.25) is 0 Å². The molecule has 2 heterocycles. The van der Waals surface area contributed by atoms with Gasteiger partial charge in [0.15, 0.2) is 0 Å². The highest BCUT2D eigenvalue weighted by Crippen LogP contribution is 2.16. The molecule has 2 N–H and O–H groups in total. The summed E-state index contributed by atoms with van der Waals surface area (Å²) in [5, 5.41) is 3.29. The van der Waals surface area contributed by atoms with Gasteiger partial charge < -0.3 is 15.2 Å². The molecule has 1 aromatic heterocycles. The molecule has 94 valence electrons. The Hall–Kier alpha value is -1.36. The standard InChI is InChI=1S/C12H20N4O/c1-3-10-14-11(8-12(17)15-10)16-6-4-9(13-2)5-7-16/h8-9,13H,3-7H2,1-2H3,(H,14,15,17). The maximum Gasteiger partial charge on any atom is 0.252 e. The molecule has 0 aliphatic carbocycles. The number of hydrogen-bond acceptors (Lipinski definition) is 4. The summed E-state index contributed by atoms with van der Waals surface area (Å²) in [4.78, 5) is 20.9. The average Bonchev–Trinajstić information content (AvgIpc) is 2.38. The first kappa shape index (κ1) is 12.1. The van der Waals surface area contributed by atoms with E-state index >= 15 is 0 Å². The van der Waals surface area contributed by atoms with Gasteiger partial charge in [-0.25, -0.2) is 4.98 Å². The number of aryl methyl sites for hydroxylation is 1. The van der Waals surface area contributed by atoms with Crippen molar-refractivity contribution in [2.24, 2.45) is 0 Å². The van der Waals surface area contributed by atoms with Crippen molar-refractivity contribution < 1.29 is 0 Å². The van der Waals surface area contributed by atoms with Gasteiger partial charge in [0, 0.05) is 31.6 Å². The van der Waals surface area contributed by atoms with Crippen molar-refractivity contribution in [2.75, 3.05) is 25.0 Å². The third-order valence-corrected chi connectivity index (χ3v) is 3.34. The Balaban J connectivity index is 2.12. The summed E-state index contributed by atoms with van der Waals surface area (Å²) in [5.41, 5.74) is -0.0532. The van der Waals surface area contributed by atoms with Gasteiger partial charge in [0.05, 0.1) is 0 Å². The van der Waals surface area contributed by atoms with Gasteiger partial charge in [0.25, 0.3) is 5.56 Å². The van der Waals surface area contributed by atoms with Crippen LogP contribution in [0.3, 0.4) is 0 Å². The van der Waals surface area contributed by atoms with E-state index in [1.54, 1.807) is 6.07 Å². The third-order valence-electron chi connectivity index (χ3n) is 3.34. The lowest BCUT2D eigenvalue weighted by Crippen LogP contribution is -2.42. The summed E-state index contributed by atoms with van der Waals surface area (Å²) < 4.78 is 0. The molecule has 0 aromatic carbocycles. The van der Waals surface area contributed by atoms with Crippen LogP contribution in [-0.4, -0.2) is 36.1 Å². The highest BCUT2D eigenvalue weighted by atomic mass is 16.1. The molecule has 5 heteroatoms. The zero-order valence-electron chi connectivity index (χ0n) is 10.5. The zero-order valence-corrected chi connectivity index (χ0v) is 10.5. The Labute approximate surface area is 101 Å². The van der Waals surface area contributed by atoms with E-state index in [0.717, 1.165) is 44.0 Å². The molecule has 0 unspecified atom stereocenters. The van der Waals surface area contributed by atoms with Gasteiger partial charge in [-0.3, -0.25) is 4.79 Å². The minimum atomic E-state index is -0.0532. The van der Waals surface area contributed by atoms with Crippen LogP contribution in [-0.2, 0) is 6.42 Å². The van der Waals surface area contributed by atoms with E-state index in [9.17, 15) is 4.79 Å². The predicted octanol–water partition coefficient (Wildman–Crippen LogP) is 0.520. The number of H-pyrrole nitrogens is 1. The lowest BCUT2D eigenvalue weighted by atomic mass is 10.1. The first-order valence-electron chi connectivity index (χ1n) is 6.25. The second-order valence-corrected chi connectivity index (χ2v) is 4.45. The number of aromatic nitrogens is 2. The van der Waals surface area contributed by atoms with Crippen LogP contribution in [0.4, 0.5) is 5.82 Å². The van der Waals surface area contributed by atoms with E-state index < -0.39 is 0 Å². The van der Waals surface area contributed by atoms with Gasteiger partial charge in [-0.2, -0.15) is 0 Å². The maximum absolute atomic E-state index is 11.5. The van der Waals surface area contributed by atoms with E-state index in [0.29, 0.717) is 6.04 Å². The number of anilines is 1. The molecule has 1 aromatic rings. The van der Waals surface area contributed by atoms with Crippen LogP contribution < -0.4 is 15.8 Å². The fourth-order valence-corrected chi connectivity index (χ4v) is 2.22. The number of nitrogens with one attached hydrogen (secondary N) is 2. The first-order chi connectivity index (χ1) is 8.22. The largest absolute Gasteiger partial charge is 0.356 e. The molecule has 0 atom stereocenters. The minimum absolute atomic E-state index is 0.0532. The molecule has 0 bridgehead atoms. The number of rotatable bonds is 3. The molecule has 1 aliphatic rings. The fraction of sp³-hybridized carbons (Fsp3) is 0.667. The second kappa shape index (κ2) is 5.31. The van der Waals surface area contributed by atoms with Gasteiger partial charge in [-0.05, 0) is 19.9 Å². The van der Waals surface area contributed by atoms with Crippen molar-refractivity contribution in [2.45, 2.75) is 32.2 Å². The van der Waals surface area contributed by atoms with E-state index in [-0.39, 0.29) is 5.56 Å². The van der Waals surface area contributed by atoms with Crippen molar-refractivity contribution in [3.63, 3.8) is 0 Å². The van der Waals surface area contributed by atoms with Crippen LogP contribution in [0.1, 0.15) is 25.6 Å². The van der Waals surface area contributed by atoms with Crippen LogP contribution in [0.25, 0.3) is 0 Å². The van der Waals surface area contributed by atoms with Crippen LogP contribution in [0.15, 0.2) is 10.9 Å². The topological polar surface area (TPSA) is 61.0 Å². The quantitative estimate of drug-likeness (QED) is 0.803. The van der Waals surface area contributed by atoms with Gasteiger partial charge >= 0.3 is 0 Å². The van der Waals surface area contributed by atoms with Crippen molar-refractivity contribution in [3.8, 4) is 0 Å². The minimum Gasteiger partial charge on any atom is -0.356 e. The average molecular weight is 236 g/mol. The molecule has 2 rings (SSSR count). The lowest BCUT2D eigenvalue weighted by molar-refractivity contribution is 0.440. The molecule has 0 amide bonds. The fourth-order valence-electron chi connectivity index (χ4n) is 2.22. The van der Waals surface area contributed by atoms with Gasteiger partial charge in [0.1, 0.15) is 11.6 Å².